The zero-order valence-corrected chi connectivity index (χ0v) is 9.95. The predicted molar refractivity (Wildman–Crippen MR) is 68.8 cm³/mol. The van der Waals surface area contributed by atoms with Gasteiger partial charge in [0.25, 0.3) is 0 Å². The number of para-hydroxylation sites is 1. The van der Waals surface area contributed by atoms with E-state index < -0.39 is 0 Å². The predicted octanol–water partition coefficient (Wildman–Crippen LogP) is 4.32. The number of fused-ring (bicyclic) bond motifs is 1. The molecule has 0 amide bonds. The molecule has 1 aromatic heterocycles. The van der Waals surface area contributed by atoms with Gasteiger partial charge >= 0.3 is 0 Å². The van der Waals surface area contributed by atoms with Crippen LogP contribution in [0.3, 0.4) is 0 Å². The molecule has 3 rings (SSSR count). The highest BCUT2D eigenvalue weighted by Crippen LogP contribution is 2.42. The largest absolute Gasteiger partial charge is 0.344 e. The molecule has 84 valence electrons. The number of aromatic nitrogens is 1. The SMILES string of the molecule is CCCCn1c(C2CC2)cc2ccccc21. The summed E-state index contributed by atoms with van der Waals surface area (Å²) in [6, 6.07) is 11.2. The monoisotopic (exact) mass is 213 g/mol. The van der Waals surface area contributed by atoms with Crippen LogP contribution in [0.15, 0.2) is 30.3 Å². The first-order valence-corrected chi connectivity index (χ1v) is 6.48. The smallest absolute Gasteiger partial charge is 0.0482 e. The van der Waals surface area contributed by atoms with Gasteiger partial charge < -0.3 is 4.57 Å². The minimum absolute atomic E-state index is 0.851. The molecule has 1 aromatic carbocycles. The van der Waals surface area contributed by atoms with Crippen molar-refractivity contribution in [1.29, 1.82) is 0 Å². The van der Waals surface area contributed by atoms with E-state index in [4.69, 9.17) is 0 Å². The summed E-state index contributed by atoms with van der Waals surface area (Å²) in [7, 11) is 0. The van der Waals surface area contributed by atoms with Crippen LogP contribution in [0.1, 0.15) is 44.2 Å². The molecule has 0 bridgehead atoms. The summed E-state index contributed by atoms with van der Waals surface area (Å²) in [5.74, 6) is 0.851. The maximum absolute atomic E-state index is 2.55. The third-order valence-electron chi connectivity index (χ3n) is 3.57. The van der Waals surface area contributed by atoms with Crippen molar-refractivity contribution in [3.05, 3.63) is 36.0 Å². The van der Waals surface area contributed by atoms with Gasteiger partial charge in [0.1, 0.15) is 0 Å². The van der Waals surface area contributed by atoms with Crippen molar-refractivity contribution in [2.24, 2.45) is 0 Å². The van der Waals surface area contributed by atoms with E-state index in [2.05, 4.69) is 41.8 Å². The first-order valence-electron chi connectivity index (χ1n) is 6.48. The fraction of sp³-hybridized carbons (Fsp3) is 0.467. The first kappa shape index (κ1) is 9.95. The van der Waals surface area contributed by atoms with E-state index in [1.165, 1.54) is 43.1 Å². The Morgan fingerprint density at radius 2 is 2.06 bits per heavy atom. The molecule has 1 fully saturated rings. The Morgan fingerprint density at radius 3 is 2.81 bits per heavy atom. The number of unbranched alkanes of at least 4 members (excludes halogenated alkanes) is 1. The number of rotatable bonds is 4. The Balaban J connectivity index is 2.08. The van der Waals surface area contributed by atoms with Crippen LogP contribution in [0.25, 0.3) is 10.9 Å². The molecular weight excluding hydrogens is 194 g/mol. The topological polar surface area (TPSA) is 4.93 Å². The molecule has 0 N–H and O–H groups in total. The molecule has 16 heavy (non-hydrogen) atoms. The van der Waals surface area contributed by atoms with E-state index in [1.54, 1.807) is 5.69 Å². The lowest BCUT2D eigenvalue weighted by Gasteiger charge is -2.09. The molecule has 1 aliphatic rings. The van der Waals surface area contributed by atoms with Gasteiger partial charge in [-0.1, -0.05) is 31.5 Å². The zero-order chi connectivity index (χ0) is 11.0. The zero-order valence-electron chi connectivity index (χ0n) is 9.95. The second-order valence-corrected chi connectivity index (χ2v) is 4.91. The van der Waals surface area contributed by atoms with E-state index in [1.807, 2.05) is 0 Å². The third-order valence-corrected chi connectivity index (χ3v) is 3.57. The molecule has 0 unspecified atom stereocenters. The van der Waals surface area contributed by atoms with Crippen LogP contribution in [-0.4, -0.2) is 4.57 Å². The van der Waals surface area contributed by atoms with Crippen molar-refractivity contribution in [2.45, 2.75) is 45.1 Å². The third kappa shape index (κ3) is 1.64. The molecule has 1 aliphatic carbocycles. The van der Waals surface area contributed by atoms with Crippen LogP contribution < -0.4 is 0 Å². The molecule has 0 saturated heterocycles. The number of benzene rings is 1. The van der Waals surface area contributed by atoms with Gasteiger partial charge in [-0.2, -0.15) is 0 Å². The highest BCUT2D eigenvalue weighted by atomic mass is 15.0. The lowest BCUT2D eigenvalue weighted by atomic mass is 10.2. The van der Waals surface area contributed by atoms with Crippen LogP contribution in [0, 0.1) is 0 Å². The van der Waals surface area contributed by atoms with Crippen LogP contribution in [-0.2, 0) is 6.54 Å². The van der Waals surface area contributed by atoms with Gasteiger partial charge in [-0.25, -0.2) is 0 Å². The van der Waals surface area contributed by atoms with E-state index in [9.17, 15) is 0 Å². The van der Waals surface area contributed by atoms with Crippen molar-refractivity contribution in [3.63, 3.8) is 0 Å². The van der Waals surface area contributed by atoms with Crippen molar-refractivity contribution in [3.8, 4) is 0 Å². The Bertz CT molecular complexity index is 491. The number of hydrogen-bond donors (Lipinski definition) is 0. The lowest BCUT2D eigenvalue weighted by Crippen LogP contribution is -2.01. The summed E-state index contributed by atoms with van der Waals surface area (Å²) in [6.45, 7) is 3.46. The molecule has 1 heterocycles. The lowest BCUT2D eigenvalue weighted by molar-refractivity contribution is 0.626. The van der Waals surface area contributed by atoms with Gasteiger partial charge in [-0.05, 0) is 42.7 Å². The van der Waals surface area contributed by atoms with E-state index >= 15 is 0 Å². The molecule has 0 aliphatic heterocycles. The normalized spacial score (nSPS) is 15.8. The van der Waals surface area contributed by atoms with Crippen LogP contribution in [0.5, 0.6) is 0 Å². The highest BCUT2D eigenvalue weighted by molar-refractivity contribution is 5.81. The molecule has 0 spiro atoms. The van der Waals surface area contributed by atoms with Crippen molar-refractivity contribution >= 4 is 10.9 Å². The maximum Gasteiger partial charge on any atom is 0.0482 e. The molecule has 2 aromatic rings. The molecule has 1 heteroatoms. The first-order chi connectivity index (χ1) is 7.90. The summed E-state index contributed by atoms with van der Waals surface area (Å²) in [6.07, 6.45) is 5.35. The molecule has 0 radical (unpaired) electrons. The Labute approximate surface area is 97.1 Å². The quantitative estimate of drug-likeness (QED) is 0.713. The minimum Gasteiger partial charge on any atom is -0.344 e. The summed E-state index contributed by atoms with van der Waals surface area (Å²) < 4.78 is 2.55. The van der Waals surface area contributed by atoms with Crippen molar-refractivity contribution < 1.29 is 0 Å². The van der Waals surface area contributed by atoms with Gasteiger partial charge in [0.05, 0.1) is 0 Å². The van der Waals surface area contributed by atoms with Gasteiger partial charge in [0, 0.05) is 17.8 Å². The number of hydrogen-bond acceptors (Lipinski definition) is 0. The minimum atomic E-state index is 0.851. The maximum atomic E-state index is 2.55. The second-order valence-electron chi connectivity index (χ2n) is 4.91. The highest BCUT2D eigenvalue weighted by Gasteiger charge is 2.27. The molecule has 1 nitrogen and oxygen atoms in total. The van der Waals surface area contributed by atoms with E-state index in [0.717, 1.165) is 5.92 Å². The summed E-state index contributed by atoms with van der Waals surface area (Å²) in [5, 5.41) is 1.42. The van der Waals surface area contributed by atoms with Crippen LogP contribution >= 0.6 is 0 Å². The number of aryl methyl sites for hydroxylation is 1. The second kappa shape index (κ2) is 3.97. The average molecular weight is 213 g/mol. The Kier molecular flexibility index (Phi) is 2.47. The van der Waals surface area contributed by atoms with Crippen LogP contribution in [0.4, 0.5) is 0 Å². The Hall–Kier alpha value is -1.24. The number of nitrogens with zero attached hydrogens (tertiary/aromatic N) is 1. The average Bonchev–Trinajstić information content (AvgIpc) is 3.09. The van der Waals surface area contributed by atoms with Crippen LogP contribution in [0.2, 0.25) is 0 Å². The summed E-state index contributed by atoms with van der Waals surface area (Å²) >= 11 is 0. The Morgan fingerprint density at radius 1 is 1.25 bits per heavy atom. The van der Waals surface area contributed by atoms with Gasteiger partial charge in [0.15, 0.2) is 0 Å². The van der Waals surface area contributed by atoms with Gasteiger partial charge in [-0.15, -0.1) is 0 Å². The fourth-order valence-electron chi connectivity index (χ4n) is 2.51. The van der Waals surface area contributed by atoms with Gasteiger partial charge in [0.2, 0.25) is 0 Å². The van der Waals surface area contributed by atoms with E-state index in [-0.39, 0.29) is 0 Å². The molecular formula is C15H19N. The van der Waals surface area contributed by atoms with Crippen molar-refractivity contribution in [1.82, 2.24) is 4.57 Å². The van der Waals surface area contributed by atoms with Crippen molar-refractivity contribution in [2.75, 3.05) is 0 Å². The fourth-order valence-corrected chi connectivity index (χ4v) is 2.51. The molecule has 1 saturated carbocycles. The van der Waals surface area contributed by atoms with Gasteiger partial charge in [-0.3, -0.25) is 0 Å². The molecule has 0 atom stereocenters. The van der Waals surface area contributed by atoms with E-state index in [0.29, 0.717) is 0 Å². The summed E-state index contributed by atoms with van der Waals surface area (Å²) in [4.78, 5) is 0. The summed E-state index contributed by atoms with van der Waals surface area (Å²) in [5.41, 5.74) is 3.01. The standard InChI is InChI=1S/C15H19N/c1-2-3-10-16-14-7-5-4-6-13(14)11-15(16)12-8-9-12/h4-7,11-12H,2-3,8-10H2,1H3.